The molecule has 0 aliphatic heterocycles. The average molecular weight is 280 g/mol. The van der Waals surface area contributed by atoms with E-state index in [0.29, 0.717) is 31.7 Å². The number of nitrogens with two attached hydrogens (primary N) is 1. The van der Waals surface area contributed by atoms with E-state index in [1.807, 2.05) is 26.1 Å². The average Bonchev–Trinajstić information content (AvgIpc) is 2.43. The summed E-state index contributed by atoms with van der Waals surface area (Å²) in [5.41, 5.74) is 7.57. The minimum Gasteiger partial charge on any atom is -0.492 e. The van der Waals surface area contributed by atoms with Gasteiger partial charge in [0.25, 0.3) is 0 Å². The van der Waals surface area contributed by atoms with Gasteiger partial charge in [-0.25, -0.2) is 0 Å². The largest absolute Gasteiger partial charge is 0.492 e. The minimum atomic E-state index is 0.119. The van der Waals surface area contributed by atoms with Crippen molar-refractivity contribution in [2.45, 2.75) is 19.8 Å². The van der Waals surface area contributed by atoms with Crippen molar-refractivity contribution in [2.24, 2.45) is 0 Å². The molecule has 0 atom stereocenters. The number of hydrogen-bond donors (Lipinski definition) is 2. The molecule has 5 heteroatoms. The third kappa shape index (κ3) is 6.54. The van der Waals surface area contributed by atoms with E-state index >= 15 is 0 Å². The third-order valence-corrected chi connectivity index (χ3v) is 2.80. The number of ketones is 1. The normalized spacial score (nSPS) is 10.5. The lowest BCUT2D eigenvalue weighted by Crippen LogP contribution is -2.16. The smallest absolute Gasteiger partial charge is 0.158 e. The zero-order valence-corrected chi connectivity index (χ0v) is 12.3. The standard InChI is InChI=1S/C15H24N2O3/c1-3-14(18)11-19-6-4-12-8-13(16)10-15(9-12)20-7-5-17-2/h8-10,17H,3-7,11,16H2,1-2H3. The van der Waals surface area contributed by atoms with Crippen molar-refractivity contribution in [1.29, 1.82) is 0 Å². The molecule has 0 spiro atoms. The molecule has 0 fully saturated rings. The summed E-state index contributed by atoms with van der Waals surface area (Å²) in [6, 6.07) is 5.66. The predicted molar refractivity (Wildman–Crippen MR) is 80.1 cm³/mol. The van der Waals surface area contributed by atoms with Crippen LogP contribution in [-0.4, -0.2) is 39.2 Å². The van der Waals surface area contributed by atoms with E-state index in [-0.39, 0.29) is 12.4 Å². The van der Waals surface area contributed by atoms with Gasteiger partial charge >= 0.3 is 0 Å². The molecule has 0 aromatic heterocycles. The summed E-state index contributed by atoms with van der Waals surface area (Å²) in [6.07, 6.45) is 1.23. The Bertz CT molecular complexity index is 422. The lowest BCUT2D eigenvalue weighted by Gasteiger charge is -2.10. The maximum absolute atomic E-state index is 11.1. The fourth-order valence-corrected chi connectivity index (χ4v) is 1.66. The predicted octanol–water partition coefficient (Wildman–Crippen LogP) is 1.41. The maximum Gasteiger partial charge on any atom is 0.158 e. The highest BCUT2D eigenvalue weighted by atomic mass is 16.5. The van der Waals surface area contributed by atoms with Crippen molar-refractivity contribution in [1.82, 2.24) is 5.32 Å². The second-order valence-electron chi connectivity index (χ2n) is 4.56. The van der Waals surface area contributed by atoms with Crippen LogP contribution in [0.2, 0.25) is 0 Å². The summed E-state index contributed by atoms with van der Waals surface area (Å²) in [6.45, 7) is 3.90. The molecule has 0 aliphatic carbocycles. The topological polar surface area (TPSA) is 73.6 Å². The zero-order chi connectivity index (χ0) is 14.8. The number of Topliss-reactive ketones (excluding diaryl/α,β-unsaturated/α-hetero) is 1. The molecule has 0 saturated heterocycles. The van der Waals surface area contributed by atoms with Gasteiger partial charge in [0.2, 0.25) is 0 Å². The Labute approximate surface area is 120 Å². The van der Waals surface area contributed by atoms with Gasteiger partial charge in [0.15, 0.2) is 5.78 Å². The lowest BCUT2D eigenvalue weighted by molar-refractivity contribution is -0.123. The van der Waals surface area contributed by atoms with E-state index in [0.717, 1.165) is 17.9 Å². The monoisotopic (exact) mass is 280 g/mol. The summed E-state index contributed by atoms with van der Waals surface area (Å²) in [4.78, 5) is 11.1. The number of carbonyl (C=O) groups excluding carboxylic acids is 1. The van der Waals surface area contributed by atoms with Crippen molar-refractivity contribution in [3.8, 4) is 5.75 Å². The molecule has 0 saturated carbocycles. The SMILES string of the molecule is CCC(=O)COCCc1cc(N)cc(OCCNC)c1. The van der Waals surface area contributed by atoms with Gasteiger partial charge in [-0.05, 0) is 31.2 Å². The van der Waals surface area contributed by atoms with Gasteiger partial charge < -0.3 is 20.5 Å². The van der Waals surface area contributed by atoms with Gasteiger partial charge in [-0.2, -0.15) is 0 Å². The van der Waals surface area contributed by atoms with Crippen LogP contribution in [0, 0.1) is 0 Å². The first-order valence-electron chi connectivity index (χ1n) is 6.92. The Morgan fingerprint density at radius 3 is 2.80 bits per heavy atom. The molecule has 3 N–H and O–H groups in total. The first kappa shape index (κ1) is 16.5. The Balaban J connectivity index is 2.42. The third-order valence-electron chi connectivity index (χ3n) is 2.80. The van der Waals surface area contributed by atoms with Crippen molar-refractivity contribution in [3.05, 3.63) is 23.8 Å². The van der Waals surface area contributed by atoms with Crippen LogP contribution in [0.3, 0.4) is 0 Å². The van der Waals surface area contributed by atoms with Crippen molar-refractivity contribution in [2.75, 3.05) is 39.1 Å². The van der Waals surface area contributed by atoms with E-state index in [1.165, 1.54) is 0 Å². The molecule has 0 radical (unpaired) electrons. The highest BCUT2D eigenvalue weighted by Crippen LogP contribution is 2.19. The van der Waals surface area contributed by atoms with Crippen molar-refractivity contribution >= 4 is 11.5 Å². The molecule has 0 bridgehead atoms. The molecule has 1 aromatic carbocycles. The number of carbonyl (C=O) groups is 1. The molecular weight excluding hydrogens is 256 g/mol. The summed E-state index contributed by atoms with van der Waals surface area (Å²) >= 11 is 0. The van der Waals surface area contributed by atoms with Crippen LogP contribution in [0.25, 0.3) is 0 Å². The van der Waals surface area contributed by atoms with Gasteiger partial charge in [-0.3, -0.25) is 4.79 Å². The summed E-state index contributed by atoms with van der Waals surface area (Å²) in [5.74, 6) is 0.883. The summed E-state index contributed by atoms with van der Waals surface area (Å²) in [5, 5.41) is 3.02. The first-order chi connectivity index (χ1) is 9.65. The van der Waals surface area contributed by atoms with Crippen LogP contribution in [0.1, 0.15) is 18.9 Å². The van der Waals surface area contributed by atoms with E-state index in [4.69, 9.17) is 15.2 Å². The van der Waals surface area contributed by atoms with E-state index in [1.54, 1.807) is 6.07 Å². The number of ether oxygens (including phenoxy) is 2. The summed E-state index contributed by atoms with van der Waals surface area (Å²) in [7, 11) is 1.88. The second-order valence-corrected chi connectivity index (χ2v) is 4.56. The number of rotatable bonds is 10. The number of likely N-dealkylation sites (N-methyl/N-ethyl adjacent to an activating group) is 1. The zero-order valence-electron chi connectivity index (χ0n) is 12.3. The second kappa shape index (κ2) is 9.34. The van der Waals surface area contributed by atoms with Crippen molar-refractivity contribution < 1.29 is 14.3 Å². The van der Waals surface area contributed by atoms with Gasteiger partial charge in [-0.15, -0.1) is 0 Å². The van der Waals surface area contributed by atoms with Crippen LogP contribution in [-0.2, 0) is 16.0 Å². The number of nitrogens with one attached hydrogen (secondary N) is 1. The fraction of sp³-hybridized carbons (Fsp3) is 0.533. The lowest BCUT2D eigenvalue weighted by atomic mass is 10.1. The van der Waals surface area contributed by atoms with Gasteiger partial charge in [0.05, 0.1) is 6.61 Å². The van der Waals surface area contributed by atoms with Crippen LogP contribution >= 0.6 is 0 Å². The van der Waals surface area contributed by atoms with E-state index in [2.05, 4.69) is 5.32 Å². The van der Waals surface area contributed by atoms with E-state index in [9.17, 15) is 4.79 Å². The van der Waals surface area contributed by atoms with Crippen LogP contribution < -0.4 is 15.8 Å². The molecule has 0 heterocycles. The summed E-state index contributed by atoms with van der Waals surface area (Å²) < 4.78 is 10.9. The Morgan fingerprint density at radius 2 is 2.10 bits per heavy atom. The highest BCUT2D eigenvalue weighted by Gasteiger charge is 2.02. The first-order valence-corrected chi connectivity index (χ1v) is 6.92. The van der Waals surface area contributed by atoms with Gasteiger partial charge in [0.1, 0.15) is 19.0 Å². The maximum atomic E-state index is 11.1. The van der Waals surface area contributed by atoms with Crippen LogP contribution in [0.5, 0.6) is 5.75 Å². The number of nitrogen functional groups attached to an aromatic ring is 1. The molecule has 0 unspecified atom stereocenters. The number of anilines is 1. The van der Waals surface area contributed by atoms with E-state index < -0.39 is 0 Å². The molecule has 1 aromatic rings. The highest BCUT2D eigenvalue weighted by molar-refractivity contribution is 5.79. The molecular formula is C15H24N2O3. The fourth-order valence-electron chi connectivity index (χ4n) is 1.66. The van der Waals surface area contributed by atoms with Crippen LogP contribution in [0.15, 0.2) is 18.2 Å². The van der Waals surface area contributed by atoms with Crippen molar-refractivity contribution in [3.63, 3.8) is 0 Å². The Kier molecular flexibility index (Phi) is 7.69. The molecule has 1 rings (SSSR count). The van der Waals surface area contributed by atoms with Gasteiger partial charge in [-0.1, -0.05) is 6.92 Å². The number of hydrogen-bond acceptors (Lipinski definition) is 5. The Hall–Kier alpha value is -1.59. The minimum absolute atomic E-state index is 0.119. The Morgan fingerprint density at radius 1 is 1.30 bits per heavy atom. The van der Waals surface area contributed by atoms with Gasteiger partial charge in [0, 0.05) is 24.7 Å². The molecule has 112 valence electrons. The number of benzene rings is 1. The quantitative estimate of drug-likeness (QED) is 0.501. The van der Waals surface area contributed by atoms with Crippen LogP contribution in [0.4, 0.5) is 5.69 Å². The molecule has 0 aliphatic rings. The molecule has 20 heavy (non-hydrogen) atoms. The molecule has 5 nitrogen and oxygen atoms in total. The molecule has 0 amide bonds.